The maximum Gasteiger partial charge on any atom is 0.413 e. The van der Waals surface area contributed by atoms with Crippen molar-refractivity contribution < 1.29 is 29.0 Å². The summed E-state index contributed by atoms with van der Waals surface area (Å²) < 4.78 is 5.41. The lowest BCUT2D eigenvalue weighted by atomic mass is 10.0. The molecule has 42 heavy (non-hydrogen) atoms. The molecule has 1 heterocycles. The minimum Gasteiger partial charge on any atom is -0.465 e. The van der Waals surface area contributed by atoms with Crippen LogP contribution in [-0.2, 0) is 16.1 Å². The van der Waals surface area contributed by atoms with E-state index in [4.69, 9.17) is 9.84 Å². The molecule has 0 spiro atoms. The molecule has 224 valence electrons. The quantitative estimate of drug-likeness (QED) is 0.300. The van der Waals surface area contributed by atoms with Gasteiger partial charge in [0.25, 0.3) is 5.91 Å². The number of hydrogen-bond acceptors (Lipinski definition) is 6. The topological polar surface area (TPSA) is 149 Å². The predicted octanol–water partition coefficient (Wildman–Crippen LogP) is 5.70. The zero-order chi connectivity index (χ0) is 30.9. The molecular formula is C31H39N5O6. The molecule has 2 aromatic rings. The van der Waals surface area contributed by atoms with Gasteiger partial charge in [-0.05, 0) is 63.5 Å². The van der Waals surface area contributed by atoms with E-state index in [0.29, 0.717) is 41.2 Å². The molecule has 1 aliphatic rings. The second kappa shape index (κ2) is 14.3. The van der Waals surface area contributed by atoms with E-state index in [1.54, 1.807) is 74.2 Å². The average Bonchev–Trinajstić information content (AvgIpc) is 3.09. The zero-order valence-corrected chi connectivity index (χ0v) is 24.7. The molecule has 4 N–H and O–H groups in total. The predicted molar refractivity (Wildman–Crippen MR) is 162 cm³/mol. The van der Waals surface area contributed by atoms with E-state index in [1.807, 2.05) is 13.8 Å². The van der Waals surface area contributed by atoms with Crippen molar-refractivity contribution in [3.8, 4) is 0 Å². The molecule has 11 heteroatoms. The van der Waals surface area contributed by atoms with E-state index in [1.165, 1.54) is 0 Å². The summed E-state index contributed by atoms with van der Waals surface area (Å²) in [4.78, 5) is 56.8. The van der Waals surface area contributed by atoms with Crippen LogP contribution < -0.4 is 16.0 Å². The van der Waals surface area contributed by atoms with Gasteiger partial charge in [0.1, 0.15) is 11.4 Å². The summed E-state index contributed by atoms with van der Waals surface area (Å²) in [6, 6.07) is 11.8. The molecule has 0 aromatic heterocycles. The smallest absolute Gasteiger partial charge is 0.413 e. The van der Waals surface area contributed by atoms with Crippen LogP contribution in [0.2, 0.25) is 0 Å². The van der Waals surface area contributed by atoms with Crippen molar-refractivity contribution in [1.29, 1.82) is 0 Å². The van der Waals surface area contributed by atoms with Crippen LogP contribution in [0.15, 0.2) is 53.0 Å². The van der Waals surface area contributed by atoms with Gasteiger partial charge in [0.05, 0.1) is 5.69 Å². The Balaban J connectivity index is 1.97. The Kier molecular flexibility index (Phi) is 10.8. The van der Waals surface area contributed by atoms with Crippen molar-refractivity contribution in [3.63, 3.8) is 0 Å². The second-order valence-corrected chi connectivity index (χ2v) is 10.9. The number of anilines is 1. The summed E-state index contributed by atoms with van der Waals surface area (Å²) in [6.07, 6.45) is 1.56. The van der Waals surface area contributed by atoms with Crippen LogP contribution in [0.1, 0.15) is 75.4 Å². The van der Waals surface area contributed by atoms with Gasteiger partial charge in [-0.2, -0.15) is 0 Å². The fraction of sp³-hybridized carbons (Fsp3) is 0.387. The van der Waals surface area contributed by atoms with Crippen LogP contribution in [0.3, 0.4) is 0 Å². The first-order valence-electron chi connectivity index (χ1n) is 14.0. The largest absolute Gasteiger partial charge is 0.465 e. The number of aliphatic imine (C=N–C) groups is 1. The van der Waals surface area contributed by atoms with E-state index in [2.05, 4.69) is 20.9 Å². The van der Waals surface area contributed by atoms with E-state index >= 15 is 0 Å². The Labute approximate surface area is 246 Å². The maximum absolute atomic E-state index is 13.6. The zero-order valence-electron chi connectivity index (χ0n) is 24.7. The SMILES string of the molecule is CCCN(CCC)C(=O)C1=Cc2ccc(C(=O)Nc3ccccc3CNC(=O)O)cc2N=C(NC(=O)OC(C)(C)C)C1. The number of rotatable bonds is 9. The second-order valence-electron chi connectivity index (χ2n) is 10.9. The lowest BCUT2D eigenvalue weighted by Gasteiger charge is -2.23. The third kappa shape index (κ3) is 9.18. The number of nitrogens with one attached hydrogen (secondary N) is 3. The van der Waals surface area contributed by atoms with Gasteiger partial charge in [-0.3, -0.25) is 14.9 Å². The molecule has 11 nitrogen and oxygen atoms in total. The molecule has 0 fully saturated rings. The van der Waals surface area contributed by atoms with E-state index in [0.717, 1.165) is 12.8 Å². The molecule has 4 amide bonds. The summed E-state index contributed by atoms with van der Waals surface area (Å²) in [5, 5.41) is 16.8. The normalized spacial score (nSPS) is 12.6. The van der Waals surface area contributed by atoms with E-state index in [-0.39, 0.29) is 30.3 Å². The number of nitrogens with zero attached hydrogens (tertiary/aromatic N) is 2. The van der Waals surface area contributed by atoms with Crippen LogP contribution in [-0.4, -0.2) is 58.5 Å². The Bertz CT molecular complexity index is 1390. The molecule has 0 bridgehead atoms. The summed E-state index contributed by atoms with van der Waals surface area (Å²) in [5.41, 5.74) is 2.09. The highest BCUT2D eigenvalue weighted by Crippen LogP contribution is 2.29. The molecule has 0 saturated heterocycles. The van der Waals surface area contributed by atoms with Crippen molar-refractivity contribution in [1.82, 2.24) is 15.5 Å². The van der Waals surface area contributed by atoms with E-state index in [9.17, 15) is 19.2 Å². The molecule has 3 rings (SSSR count). The van der Waals surface area contributed by atoms with Gasteiger partial charge in [0.15, 0.2) is 0 Å². The lowest BCUT2D eigenvalue weighted by molar-refractivity contribution is -0.127. The number of para-hydroxylation sites is 1. The van der Waals surface area contributed by atoms with Crippen LogP contribution in [0, 0.1) is 0 Å². The van der Waals surface area contributed by atoms with Crippen LogP contribution >= 0.6 is 0 Å². The number of fused-ring (bicyclic) bond motifs is 1. The Morgan fingerprint density at radius 2 is 1.69 bits per heavy atom. The first-order valence-corrected chi connectivity index (χ1v) is 14.0. The molecular weight excluding hydrogens is 538 g/mol. The van der Waals surface area contributed by atoms with Crippen molar-refractivity contribution in [3.05, 3.63) is 64.7 Å². The summed E-state index contributed by atoms with van der Waals surface area (Å²) >= 11 is 0. The van der Waals surface area contributed by atoms with E-state index < -0.39 is 23.7 Å². The number of carbonyl (C=O) groups excluding carboxylic acids is 3. The van der Waals surface area contributed by atoms with Gasteiger partial charge >= 0.3 is 12.2 Å². The molecule has 0 radical (unpaired) electrons. The number of alkyl carbamates (subject to hydrolysis) is 1. The van der Waals surface area contributed by atoms with Gasteiger partial charge in [-0.1, -0.05) is 38.1 Å². The first-order chi connectivity index (χ1) is 19.9. The van der Waals surface area contributed by atoms with Crippen LogP contribution in [0.4, 0.5) is 21.0 Å². The highest BCUT2D eigenvalue weighted by molar-refractivity contribution is 6.10. The molecule has 1 aliphatic heterocycles. The molecule has 0 unspecified atom stereocenters. The molecule has 0 saturated carbocycles. The van der Waals surface area contributed by atoms with Gasteiger partial charge in [0.2, 0.25) is 5.91 Å². The Morgan fingerprint density at radius 3 is 2.33 bits per heavy atom. The van der Waals surface area contributed by atoms with Crippen molar-refractivity contribution >= 4 is 47.3 Å². The number of hydrogen-bond donors (Lipinski definition) is 4. The number of carbonyl (C=O) groups is 4. The summed E-state index contributed by atoms with van der Waals surface area (Å²) in [7, 11) is 0. The van der Waals surface area contributed by atoms with Gasteiger partial charge in [0, 0.05) is 48.4 Å². The lowest BCUT2D eigenvalue weighted by Crippen LogP contribution is -2.38. The van der Waals surface area contributed by atoms with Gasteiger partial charge in [-0.25, -0.2) is 14.6 Å². The van der Waals surface area contributed by atoms with Crippen molar-refractivity contribution in [2.75, 3.05) is 18.4 Å². The Hall–Kier alpha value is -4.67. The van der Waals surface area contributed by atoms with Gasteiger partial charge in [-0.15, -0.1) is 0 Å². The third-order valence-electron chi connectivity index (χ3n) is 6.13. The maximum atomic E-state index is 13.6. The third-order valence-corrected chi connectivity index (χ3v) is 6.13. The minimum absolute atomic E-state index is 0.0225. The number of amidine groups is 1. The standard InChI is InChI=1S/C31H39N5O6/c1-6-14-36(15-7-2)28(38)23-16-20-12-13-21(17-25(20)33-26(18-23)35-30(41)42-31(3,4)5)27(37)34-24-11-9-8-10-22(24)19-32-29(39)40/h8-13,16-17,32H,6-7,14-15,18-19H2,1-5H3,(H,34,37)(H,39,40)(H,33,35,41). The Morgan fingerprint density at radius 1 is 1.00 bits per heavy atom. The summed E-state index contributed by atoms with van der Waals surface area (Å²) in [6.45, 7) is 10.5. The van der Waals surface area contributed by atoms with Gasteiger partial charge < -0.3 is 25.4 Å². The number of amides is 4. The number of ether oxygens (including phenoxy) is 1. The molecule has 2 aromatic carbocycles. The number of benzene rings is 2. The van der Waals surface area contributed by atoms with Crippen LogP contribution in [0.25, 0.3) is 6.08 Å². The minimum atomic E-state index is -1.17. The summed E-state index contributed by atoms with van der Waals surface area (Å²) in [5.74, 6) is -0.351. The van der Waals surface area contributed by atoms with Crippen LogP contribution in [0.5, 0.6) is 0 Å². The molecule has 0 atom stereocenters. The monoisotopic (exact) mass is 577 g/mol. The highest BCUT2D eigenvalue weighted by atomic mass is 16.6. The number of carboxylic acid groups (broad SMARTS) is 1. The fourth-order valence-corrected chi connectivity index (χ4v) is 4.36. The van der Waals surface area contributed by atoms with Crippen molar-refractivity contribution in [2.45, 2.75) is 66.0 Å². The highest BCUT2D eigenvalue weighted by Gasteiger charge is 2.25. The average molecular weight is 578 g/mol. The molecule has 0 aliphatic carbocycles. The first kappa shape index (κ1) is 31.9. The fourth-order valence-electron chi connectivity index (χ4n) is 4.36. The van der Waals surface area contributed by atoms with Crippen molar-refractivity contribution in [2.24, 2.45) is 4.99 Å².